The van der Waals surface area contributed by atoms with E-state index in [1.807, 2.05) is 18.2 Å². The Morgan fingerprint density at radius 3 is 2.89 bits per heavy atom. The second-order valence-corrected chi connectivity index (χ2v) is 6.69. The van der Waals surface area contributed by atoms with E-state index in [4.69, 9.17) is 11.6 Å². The molecule has 136 valence electrons. The van der Waals surface area contributed by atoms with Gasteiger partial charge in [0.05, 0.1) is 23.3 Å². The third kappa shape index (κ3) is 3.37. The molecule has 0 fully saturated rings. The molecule has 0 saturated heterocycles. The Bertz CT molecular complexity index is 1090. The third-order valence-corrected chi connectivity index (χ3v) is 4.63. The maximum absolute atomic E-state index is 13.0. The van der Waals surface area contributed by atoms with Gasteiger partial charge in [-0.05, 0) is 42.8 Å². The zero-order valence-corrected chi connectivity index (χ0v) is 15.1. The van der Waals surface area contributed by atoms with Crippen molar-refractivity contribution in [1.82, 2.24) is 20.8 Å². The molecule has 1 aliphatic heterocycles. The lowest BCUT2D eigenvalue weighted by molar-refractivity contribution is -0.113. The minimum atomic E-state index is -0.602. The van der Waals surface area contributed by atoms with E-state index < -0.39 is 6.04 Å². The van der Waals surface area contributed by atoms with Crippen LogP contribution in [0.1, 0.15) is 18.5 Å². The van der Waals surface area contributed by atoms with Gasteiger partial charge in [0.15, 0.2) is 0 Å². The average Bonchev–Trinajstić information content (AvgIpc) is 3.08. The molecule has 3 amide bonds. The molecule has 1 aliphatic rings. The summed E-state index contributed by atoms with van der Waals surface area (Å²) in [5.74, 6) is -0.312. The highest BCUT2D eigenvalue weighted by atomic mass is 35.5. The lowest BCUT2D eigenvalue weighted by Gasteiger charge is -2.28. The number of carbonyl (C=O) groups is 2. The number of amides is 3. The smallest absolute Gasteiger partial charge is 0.319 e. The fourth-order valence-electron chi connectivity index (χ4n) is 3.15. The van der Waals surface area contributed by atoms with Crippen molar-refractivity contribution in [3.63, 3.8) is 0 Å². The molecule has 4 N–H and O–H groups in total. The lowest BCUT2D eigenvalue weighted by Crippen LogP contribution is -2.45. The first kappa shape index (κ1) is 17.1. The van der Waals surface area contributed by atoms with Gasteiger partial charge in [-0.15, -0.1) is 0 Å². The van der Waals surface area contributed by atoms with Crippen LogP contribution < -0.4 is 16.0 Å². The summed E-state index contributed by atoms with van der Waals surface area (Å²) in [5.41, 5.74) is 3.16. The van der Waals surface area contributed by atoms with Crippen LogP contribution in [0.4, 0.5) is 10.5 Å². The van der Waals surface area contributed by atoms with E-state index in [9.17, 15) is 9.59 Å². The van der Waals surface area contributed by atoms with Crippen molar-refractivity contribution in [2.24, 2.45) is 0 Å². The summed E-state index contributed by atoms with van der Waals surface area (Å²) >= 11 is 6.08. The number of aromatic amines is 1. The highest BCUT2D eigenvalue weighted by Crippen LogP contribution is 2.29. The van der Waals surface area contributed by atoms with E-state index in [1.165, 1.54) is 0 Å². The van der Waals surface area contributed by atoms with Crippen LogP contribution in [-0.2, 0) is 4.79 Å². The fourth-order valence-corrected chi connectivity index (χ4v) is 3.35. The highest BCUT2D eigenvalue weighted by molar-refractivity contribution is 6.30. The van der Waals surface area contributed by atoms with E-state index in [-0.39, 0.29) is 11.9 Å². The number of hydrogen-bond acceptors (Lipinski definition) is 3. The summed E-state index contributed by atoms with van der Waals surface area (Å²) in [7, 11) is 0. The summed E-state index contributed by atoms with van der Waals surface area (Å²) in [6.07, 6.45) is 1.69. The first-order valence-corrected chi connectivity index (χ1v) is 8.67. The number of anilines is 1. The van der Waals surface area contributed by atoms with Gasteiger partial charge in [0.25, 0.3) is 5.91 Å². The molecule has 1 aromatic heterocycles. The van der Waals surface area contributed by atoms with Crippen LogP contribution in [-0.4, -0.2) is 22.1 Å². The number of urea groups is 1. The van der Waals surface area contributed by atoms with Gasteiger partial charge in [-0.3, -0.25) is 9.89 Å². The second-order valence-electron chi connectivity index (χ2n) is 6.25. The fraction of sp³-hybridized carbons (Fsp3) is 0.105. The van der Waals surface area contributed by atoms with Crippen LogP contribution in [0, 0.1) is 0 Å². The predicted molar refractivity (Wildman–Crippen MR) is 103 cm³/mol. The van der Waals surface area contributed by atoms with Crippen LogP contribution in [0.15, 0.2) is 59.9 Å². The monoisotopic (exact) mass is 381 g/mol. The first-order valence-electron chi connectivity index (χ1n) is 8.29. The zero-order chi connectivity index (χ0) is 19.0. The SMILES string of the molecule is CC1=C(C(=O)Nc2ccc3[nH]ncc3c2)C(c2cccc(Cl)c2)NC(=O)N1. The van der Waals surface area contributed by atoms with Gasteiger partial charge in [-0.25, -0.2) is 4.79 Å². The third-order valence-electron chi connectivity index (χ3n) is 4.39. The molecule has 0 aliphatic carbocycles. The van der Waals surface area contributed by atoms with E-state index in [0.29, 0.717) is 22.0 Å². The molecule has 2 heterocycles. The van der Waals surface area contributed by atoms with E-state index in [1.54, 1.807) is 37.4 Å². The van der Waals surface area contributed by atoms with Gasteiger partial charge in [0, 0.05) is 21.8 Å². The highest BCUT2D eigenvalue weighted by Gasteiger charge is 2.31. The molecular formula is C19H16ClN5O2. The van der Waals surface area contributed by atoms with Crippen LogP contribution in [0.3, 0.4) is 0 Å². The van der Waals surface area contributed by atoms with Crippen molar-refractivity contribution in [3.8, 4) is 0 Å². The van der Waals surface area contributed by atoms with Gasteiger partial charge in [-0.2, -0.15) is 5.10 Å². The minimum absolute atomic E-state index is 0.312. The van der Waals surface area contributed by atoms with Crippen molar-refractivity contribution >= 4 is 40.1 Å². The quantitative estimate of drug-likeness (QED) is 0.559. The molecular weight excluding hydrogens is 366 g/mol. The maximum atomic E-state index is 13.0. The normalized spacial score (nSPS) is 16.8. The molecule has 3 aromatic rings. The number of H-pyrrole nitrogens is 1. The molecule has 0 bridgehead atoms. The van der Waals surface area contributed by atoms with Gasteiger partial charge in [-0.1, -0.05) is 23.7 Å². The van der Waals surface area contributed by atoms with Gasteiger partial charge < -0.3 is 16.0 Å². The number of nitrogens with one attached hydrogen (secondary N) is 4. The van der Waals surface area contributed by atoms with Crippen LogP contribution >= 0.6 is 11.6 Å². The number of allylic oxidation sites excluding steroid dienone is 1. The minimum Gasteiger partial charge on any atom is -0.327 e. The van der Waals surface area contributed by atoms with Crippen molar-refractivity contribution in [1.29, 1.82) is 0 Å². The lowest BCUT2D eigenvalue weighted by atomic mass is 9.95. The van der Waals surface area contributed by atoms with E-state index in [2.05, 4.69) is 26.1 Å². The molecule has 7 nitrogen and oxygen atoms in total. The van der Waals surface area contributed by atoms with Crippen LogP contribution in [0.2, 0.25) is 5.02 Å². The van der Waals surface area contributed by atoms with E-state index >= 15 is 0 Å². The van der Waals surface area contributed by atoms with Gasteiger partial charge in [0.2, 0.25) is 0 Å². The summed E-state index contributed by atoms with van der Waals surface area (Å²) in [4.78, 5) is 25.0. The molecule has 0 saturated carbocycles. The first-order chi connectivity index (χ1) is 13.0. The summed E-state index contributed by atoms with van der Waals surface area (Å²) in [6, 6.07) is 11.6. The van der Waals surface area contributed by atoms with Gasteiger partial charge in [0.1, 0.15) is 0 Å². The number of carbonyl (C=O) groups excluding carboxylic acids is 2. The average molecular weight is 382 g/mol. The summed E-state index contributed by atoms with van der Waals surface area (Å²) in [5, 5.41) is 16.6. The zero-order valence-electron chi connectivity index (χ0n) is 14.3. The van der Waals surface area contributed by atoms with Crippen LogP contribution in [0.5, 0.6) is 0 Å². The van der Waals surface area contributed by atoms with Crippen LogP contribution in [0.25, 0.3) is 10.9 Å². The number of nitrogens with zero attached hydrogens (tertiary/aromatic N) is 1. The standard InChI is InChI=1S/C19H16ClN5O2/c1-10-16(17(24-19(27)22-10)11-3-2-4-13(20)7-11)18(26)23-14-5-6-15-12(8-14)9-21-25-15/h2-9,17H,1H3,(H,21,25)(H,23,26)(H2,22,24,27). The number of fused-ring (bicyclic) bond motifs is 1. The molecule has 4 rings (SSSR count). The second kappa shape index (κ2) is 6.77. The van der Waals surface area contributed by atoms with Crippen molar-refractivity contribution in [2.75, 3.05) is 5.32 Å². The van der Waals surface area contributed by atoms with Gasteiger partial charge >= 0.3 is 6.03 Å². The number of benzene rings is 2. The number of hydrogen-bond donors (Lipinski definition) is 4. The maximum Gasteiger partial charge on any atom is 0.319 e. The summed E-state index contributed by atoms with van der Waals surface area (Å²) in [6.45, 7) is 1.70. The largest absolute Gasteiger partial charge is 0.327 e. The molecule has 0 radical (unpaired) electrons. The Morgan fingerprint density at radius 2 is 2.07 bits per heavy atom. The number of rotatable bonds is 3. The van der Waals surface area contributed by atoms with Crippen molar-refractivity contribution in [3.05, 3.63) is 70.5 Å². The Labute approximate surface area is 159 Å². The molecule has 8 heteroatoms. The molecule has 27 heavy (non-hydrogen) atoms. The topological polar surface area (TPSA) is 98.9 Å². The van der Waals surface area contributed by atoms with Crippen molar-refractivity contribution < 1.29 is 9.59 Å². The molecule has 1 unspecified atom stereocenters. The van der Waals surface area contributed by atoms with E-state index in [0.717, 1.165) is 16.5 Å². The summed E-state index contributed by atoms with van der Waals surface area (Å²) < 4.78 is 0. The number of aromatic nitrogens is 2. The Hall–Kier alpha value is -3.32. The molecule has 2 aromatic carbocycles. The molecule has 1 atom stereocenters. The predicted octanol–water partition coefficient (Wildman–Crippen LogP) is 3.48. The Balaban J connectivity index is 1.68. The van der Waals surface area contributed by atoms with Crippen molar-refractivity contribution in [2.45, 2.75) is 13.0 Å². The number of halogens is 1. The Kier molecular flexibility index (Phi) is 4.29. The molecule has 0 spiro atoms. The Morgan fingerprint density at radius 1 is 1.22 bits per heavy atom.